The average Bonchev–Trinajstić information content (AvgIpc) is 2.84. The molecule has 0 radical (unpaired) electrons. The van der Waals surface area contributed by atoms with Crippen LogP contribution in [0.15, 0.2) is 28.7 Å². The zero-order valence-corrected chi connectivity index (χ0v) is 12.7. The number of nitrogens with zero attached hydrogens (tertiary/aromatic N) is 3. The molecule has 2 aromatic heterocycles. The van der Waals surface area contributed by atoms with E-state index < -0.39 is 10.0 Å². The van der Waals surface area contributed by atoms with Crippen LogP contribution in [0.4, 0.5) is 5.82 Å². The summed E-state index contributed by atoms with van der Waals surface area (Å²) in [5.41, 5.74) is 4.88. The molecule has 2 aromatic rings. The summed E-state index contributed by atoms with van der Waals surface area (Å²) >= 11 is 1.43. The molecule has 9 heteroatoms. The van der Waals surface area contributed by atoms with Gasteiger partial charge in [-0.2, -0.15) is 4.31 Å². The van der Waals surface area contributed by atoms with Crippen LogP contribution in [0.5, 0.6) is 0 Å². The number of hydrogen-bond donors (Lipinski definition) is 2. The van der Waals surface area contributed by atoms with Crippen LogP contribution in [-0.4, -0.2) is 29.7 Å². The summed E-state index contributed by atoms with van der Waals surface area (Å²) in [6.07, 6.45) is 1.40. The fourth-order valence-corrected chi connectivity index (χ4v) is 3.66. The second-order valence-corrected chi connectivity index (χ2v) is 7.13. The number of nitrogens with one attached hydrogen (secondary N) is 1. The first-order valence-electron chi connectivity index (χ1n) is 5.73. The molecule has 0 fully saturated rings. The molecule has 0 saturated carbocycles. The number of hydrazine groups is 1. The smallest absolute Gasteiger partial charge is 0.243 e. The molecule has 0 aliphatic rings. The van der Waals surface area contributed by atoms with Crippen molar-refractivity contribution in [3.63, 3.8) is 0 Å². The van der Waals surface area contributed by atoms with Crippen LogP contribution < -0.4 is 11.3 Å². The monoisotopic (exact) mass is 313 g/mol. The quantitative estimate of drug-likeness (QED) is 0.629. The lowest BCUT2D eigenvalue weighted by Crippen LogP contribution is -2.26. The van der Waals surface area contributed by atoms with Crippen LogP contribution in [0.25, 0.3) is 0 Å². The van der Waals surface area contributed by atoms with Gasteiger partial charge in [0.2, 0.25) is 10.0 Å². The maximum Gasteiger partial charge on any atom is 0.243 e. The maximum atomic E-state index is 12.5. The number of sulfonamides is 1. The first-order valence-corrected chi connectivity index (χ1v) is 8.05. The molecule has 2 heterocycles. The van der Waals surface area contributed by atoms with Crippen LogP contribution >= 0.6 is 11.3 Å². The third-order valence-corrected chi connectivity index (χ3v) is 5.52. The minimum Gasteiger partial charge on any atom is -0.308 e. The number of aromatic nitrogens is 2. The van der Waals surface area contributed by atoms with Gasteiger partial charge in [-0.1, -0.05) is 0 Å². The highest BCUT2D eigenvalue weighted by Crippen LogP contribution is 2.21. The van der Waals surface area contributed by atoms with E-state index in [1.807, 2.05) is 6.92 Å². The van der Waals surface area contributed by atoms with Crippen molar-refractivity contribution in [3.8, 4) is 0 Å². The maximum absolute atomic E-state index is 12.5. The zero-order valence-electron chi connectivity index (χ0n) is 11.1. The molecule has 0 aromatic carbocycles. The van der Waals surface area contributed by atoms with E-state index in [1.165, 1.54) is 41.0 Å². The molecular formula is C11H15N5O2S2. The lowest BCUT2D eigenvalue weighted by atomic mass is 10.4. The van der Waals surface area contributed by atoms with Crippen molar-refractivity contribution in [1.82, 2.24) is 14.3 Å². The Labute approximate surface area is 121 Å². The average molecular weight is 313 g/mol. The van der Waals surface area contributed by atoms with Crippen LogP contribution in [-0.2, 0) is 16.6 Å². The van der Waals surface area contributed by atoms with Crippen molar-refractivity contribution in [2.45, 2.75) is 18.4 Å². The molecule has 20 heavy (non-hydrogen) atoms. The van der Waals surface area contributed by atoms with Crippen molar-refractivity contribution in [2.75, 3.05) is 12.5 Å². The van der Waals surface area contributed by atoms with Gasteiger partial charge < -0.3 is 5.43 Å². The van der Waals surface area contributed by atoms with Crippen molar-refractivity contribution >= 4 is 27.2 Å². The Hall–Kier alpha value is -1.55. The fourth-order valence-electron chi connectivity index (χ4n) is 1.60. The SMILES string of the molecule is Cc1ncsc1CN(C)S(=O)(=O)c1ccnc(NN)c1. The van der Waals surface area contributed by atoms with Gasteiger partial charge in [0.25, 0.3) is 0 Å². The van der Waals surface area contributed by atoms with Gasteiger partial charge in [-0.25, -0.2) is 24.2 Å². The molecule has 0 aliphatic carbocycles. The summed E-state index contributed by atoms with van der Waals surface area (Å²) in [6.45, 7) is 2.14. The summed E-state index contributed by atoms with van der Waals surface area (Å²) in [7, 11) is -2.06. The number of nitrogens with two attached hydrogens (primary N) is 1. The molecule has 7 nitrogen and oxygen atoms in total. The second kappa shape index (κ2) is 5.83. The van der Waals surface area contributed by atoms with Gasteiger partial charge in [-0.3, -0.25) is 0 Å². The van der Waals surface area contributed by atoms with Gasteiger partial charge in [-0.15, -0.1) is 11.3 Å². The Bertz CT molecular complexity index is 698. The largest absolute Gasteiger partial charge is 0.308 e. The summed E-state index contributed by atoms with van der Waals surface area (Å²) in [6, 6.07) is 2.83. The number of rotatable bonds is 5. The minimum atomic E-state index is -3.59. The molecule has 0 spiro atoms. The third-order valence-electron chi connectivity index (χ3n) is 2.80. The lowest BCUT2D eigenvalue weighted by molar-refractivity contribution is 0.468. The number of aryl methyl sites for hydroxylation is 1. The van der Waals surface area contributed by atoms with Gasteiger partial charge in [0.05, 0.1) is 16.1 Å². The van der Waals surface area contributed by atoms with E-state index in [2.05, 4.69) is 15.4 Å². The van der Waals surface area contributed by atoms with Gasteiger partial charge >= 0.3 is 0 Å². The van der Waals surface area contributed by atoms with Crippen molar-refractivity contribution < 1.29 is 8.42 Å². The molecule has 3 N–H and O–H groups in total. The van der Waals surface area contributed by atoms with E-state index in [1.54, 1.807) is 5.51 Å². The fraction of sp³-hybridized carbons (Fsp3) is 0.273. The van der Waals surface area contributed by atoms with E-state index in [0.29, 0.717) is 5.82 Å². The van der Waals surface area contributed by atoms with Crippen LogP contribution in [0, 0.1) is 6.92 Å². The molecule has 0 aliphatic heterocycles. The van der Waals surface area contributed by atoms with E-state index in [-0.39, 0.29) is 11.4 Å². The van der Waals surface area contributed by atoms with E-state index in [0.717, 1.165) is 10.6 Å². The van der Waals surface area contributed by atoms with Gasteiger partial charge in [0, 0.05) is 30.7 Å². The first kappa shape index (κ1) is 14.9. The number of nitrogen functional groups attached to an aromatic ring is 1. The highest BCUT2D eigenvalue weighted by molar-refractivity contribution is 7.89. The molecule has 0 unspecified atom stereocenters. The van der Waals surface area contributed by atoms with E-state index >= 15 is 0 Å². The van der Waals surface area contributed by atoms with Crippen LogP contribution in [0.2, 0.25) is 0 Å². The van der Waals surface area contributed by atoms with Crippen LogP contribution in [0.1, 0.15) is 10.6 Å². The Morgan fingerprint density at radius 2 is 2.20 bits per heavy atom. The molecule has 108 valence electrons. The van der Waals surface area contributed by atoms with Crippen LogP contribution in [0.3, 0.4) is 0 Å². The third kappa shape index (κ3) is 2.96. The van der Waals surface area contributed by atoms with Gasteiger partial charge in [0.15, 0.2) is 0 Å². The lowest BCUT2D eigenvalue weighted by Gasteiger charge is -2.17. The predicted octanol–water partition coefficient (Wildman–Crippen LogP) is 0.953. The topological polar surface area (TPSA) is 101 Å². The Morgan fingerprint density at radius 1 is 1.45 bits per heavy atom. The number of hydrogen-bond acceptors (Lipinski definition) is 7. The van der Waals surface area contributed by atoms with Gasteiger partial charge in [0.1, 0.15) is 5.82 Å². The number of pyridine rings is 1. The summed E-state index contributed by atoms with van der Waals surface area (Å²) in [4.78, 5) is 9.07. The summed E-state index contributed by atoms with van der Waals surface area (Å²) in [5.74, 6) is 5.54. The van der Waals surface area contributed by atoms with Crippen molar-refractivity contribution in [1.29, 1.82) is 0 Å². The molecule has 0 bridgehead atoms. The Balaban J connectivity index is 2.27. The van der Waals surface area contributed by atoms with Crippen molar-refractivity contribution in [2.24, 2.45) is 5.84 Å². The first-order chi connectivity index (χ1) is 9.45. The summed E-state index contributed by atoms with van der Waals surface area (Å²) < 4.78 is 26.2. The van der Waals surface area contributed by atoms with E-state index in [4.69, 9.17) is 5.84 Å². The minimum absolute atomic E-state index is 0.144. The highest BCUT2D eigenvalue weighted by atomic mass is 32.2. The number of thiazole rings is 1. The van der Waals surface area contributed by atoms with Crippen molar-refractivity contribution in [3.05, 3.63) is 34.4 Å². The Kier molecular flexibility index (Phi) is 4.33. The van der Waals surface area contributed by atoms with E-state index in [9.17, 15) is 8.42 Å². The standard InChI is InChI=1S/C11H15N5O2S2/c1-8-10(19-7-14-8)6-16(2)20(17,18)9-3-4-13-11(5-9)15-12/h3-5,7H,6,12H2,1-2H3,(H,13,15). The molecule has 0 atom stereocenters. The zero-order chi connectivity index (χ0) is 14.8. The predicted molar refractivity (Wildman–Crippen MR) is 77.6 cm³/mol. The summed E-state index contributed by atoms with van der Waals surface area (Å²) in [5, 5.41) is 0. The molecule has 2 rings (SSSR count). The second-order valence-electron chi connectivity index (χ2n) is 4.14. The normalized spacial score (nSPS) is 11.8. The molecular weight excluding hydrogens is 298 g/mol. The number of anilines is 1. The highest BCUT2D eigenvalue weighted by Gasteiger charge is 2.22. The Morgan fingerprint density at radius 3 is 2.80 bits per heavy atom. The molecule has 0 amide bonds. The molecule has 0 saturated heterocycles. The van der Waals surface area contributed by atoms with Gasteiger partial charge in [-0.05, 0) is 13.0 Å².